The zero-order valence-corrected chi connectivity index (χ0v) is 15.4. The number of carbonyl (C=O) groups excluding carboxylic acids is 2. The second-order valence-electron chi connectivity index (χ2n) is 6.38. The fourth-order valence-electron chi connectivity index (χ4n) is 2.74. The molecule has 2 amide bonds. The number of benzene rings is 3. The molecule has 0 unspecified atom stereocenters. The average Bonchev–Trinajstić information content (AvgIpc) is 2.68. The van der Waals surface area contributed by atoms with Crippen molar-refractivity contribution < 1.29 is 22.8 Å². The summed E-state index contributed by atoms with van der Waals surface area (Å²) in [6.45, 7) is 1.81. The van der Waals surface area contributed by atoms with Gasteiger partial charge in [-0.2, -0.15) is 13.2 Å². The SMILES string of the molecule is Cc1ccccc1C(=O)Nc1cccc(C(=O)Nc2cccc(C(F)(F)F)c2)c1. The van der Waals surface area contributed by atoms with E-state index in [4.69, 9.17) is 0 Å². The number of aryl methyl sites for hydroxylation is 1. The Bertz CT molecular complexity index is 1060. The van der Waals surface area contributed by atoms with Gasteiger partial charge in [-0.1, -0.05) is 30.3 Å². The molecule has 7 heteroatoms. The Morgan fingerprint density at radius 1 is 0.759 bits per heavy atom. The van der Waals surface area contributed by atoms with Gasteiger partial charge in [-0.3, -0.25) is 9.59 Å². The maximum Gasteiger partial charge on any atom is 0.416 e. The molecular formula is C22H17F3N2O2. The lowest BCUT2D eigenvalue weighted by molar-refractivity contribution is -0.137. The number of halogens is 3. The van der Waals surface area contributed by atoms with E-state index in [1.807, 2.05) is 19.1 Å². The number of nitrogens with one attached hydrogen (secondary N) is 2. The van der Waals surface area contributed by atoms with Crippen molar-refractivity contribution in [1.82, 2.24) is 0 Å². The van der Waals surface area contributed by atoms with Gasteiger partial charge in [-0.25, -0.2) is 0 Å². The fourth-order valence-corrected chi connectivity index (χ4v) is 2.74. The van der Waals surface area contributed by atoms with Gasteiger partial charge in [-0.05, 0) is 55.0 Å². The fraction of sp³-hybridized carbons (Fsp3) is 0.0909. The molecule has 0 aliphatic heterocycles. The van der Waals surface area contributed by atoms with Crippen LogP contribution in [0.1, 0.15) is 31.8 Å². The molecule has 0 saturated carbocycles. The number of hydrogen-bond donors (Lipinski definition) is 2. The van der Waals surface area contributed by atoms with Crippen LogP contribution in [0.4, 0.5) is 24.5 Å². The minimum absolute atomic E-state index is 0.0270. The quantitative estimate of drug-likeness (QED) is 0.608. The number of anilines is 2. The highest BCUT2D eigenvalue weighted by Crippen LogP contribution is 2.30. The zero-order chi connectivity index (χ0) is 21.0. The summed E-state index contributed by atoms with van der Waals surface area (Å²) < 4.78 is 38.5. The van der Waals surface area contributed by atoms with Crippen molar-refractivity contribution in [2.24, 2.45) is 0 Å². The number of rotatable bonds is 4. The Kier molecular flexibility index (Phi) is 5.68. The first-order valence-corrected chi connectivity index (χ1v) is 8.70. The Balaban J connectivity index is 1.75. The van der Waals surface area contributed by atoms with Gasteiger partial charge < -0.3 is 10.6 Å². The van der Waals surface area contributed by atoms with Crippen molar-refractivity contribution in [2.75, 3.05) is 10.6 Å². The summed E-state index contributed by atoms with van der Waals surface area (Å²) in [7, 11) is 0. The number of amides is 2. The molecule has 3 rings (SSSR count). The Hall–Kier alpha value is -3.61. The third-order valence-corrected chi connectivity index (χ3v) is 4.22. The van der Waals surface area contributed by atoms with Crippen LogP contribution in [0.3, 0.4) is 0 Å². The molecule has 0 spiro atoms. The van der Waals surface area contributed by atoms with Crippen LogP contribution in [0.5, 0.6) is 0 Å². The molecule has 3 aromatic rings. The highest BCUT2D eigenvalue weighted by Gasteiger charge is 2.30. The normalized spacial score (nSPS) is 11.0. The standard InChI is InChI=1S/C22H17F3N2O2/c1-14-6-2-3-11-19(14)21(29)27-17-9-4-7-15(12-17)20(28)26-18-10-5-8-16(13-18)22(23,24)25/h2-13H,1H3,(H,26,28)(H,27,29). The van der Waals surface area contributed by atoms with E-state index in [0.29, 0.717) is 11.3 Å². The number of carbonyl (C=O) groups is 2. The lowest BCUT2D eigenvalue weighted by Crippen LogP contribution is -2.15. The zero-order valence-electron chi connectivity index (χ0n) is 15.4. The molecule has 0 atom stereocenters. The average molecular weight is 398 g/mol. The van der Waals surface area contributed by atoms with Crippen LogP contribution in [-0.4, -0.2) is 11.8 Å². The van der Waals surface area contributed by atoms with Crippen molar-refractivity contribution in [3.05, 3.63) is 95.1 Å². The van der Waals surface area contributed by atoms with E-state index in [2.05, 4.69) is 10.6 Å². The van der Waals surface area contributed by atoms with E-state index in [0.717, 1.165) is 17.7 Å². The van der Waals surface area contributed by atoms with Crippen molar-refractivity contribution in [2.45, 2.75) is 13.1 Å². The van der Waals surface area contributed by atoms with Crippen LogP contribution in [0, 0.1) is 6.92 Å². The number of hydrogen-bond acceptors (Lipinski definition) is 2. The summed E-state index contributed by atoms with van der Waals surface area (Å²) in [4.78, 5) is 24.9. The van der Waals surface area contributed by atoms with E-state index < -0.39 is 17.6 Å². The van der Waals surface area contributed by atoms with Crippen LogP contribution in [0.2, 0.25) is 0 Å². The predicted octanol–water partition coefficient (Wildman–Crippen LogP) is 5.52. The molecule has 0 aliphatic carbocycles. The molecule has 4 nitrogen and oxygen atoms in total. The first-order chi connectivity index (χ1) is 13.7. The Morgan fingerprint density at radius 2 is 1.38 bits per heavy atom. The van der Waals surface area contributed by atoms with Gasteiger partial charge in [0.15, 0.2) is 0 Å². The molecule has 2 N–H and O–H groups in total. The summed E-state index contributed by atoms with van der Waals surface area (Å²) in [5, 5.41) is 5.16. The van der Waals surface area contributed by atoms with Crippen LogP contribution < -0.4 is 10.6 Å². The van der Waals surface area contributed by atoms with Gasteiger partial charge >= 0.3 is 6.18 Å². The molecule has 0 fully saturated rings. The third kappa shape index (κ3) is 5.01. The van der Waals surface area contributed by atoms with Gasteiger partial charge in [0.2, 0.25) is 0 Å². The Morgan fingerprint density at radius 3 is 2.07 bits per heavy atom. The van der Waals surface area contributed by atoms with E-state index >= 15 is 0 Å². The minimum Gasteiger partial charge on any atom is -0.322 e. The van der Waals surface area contributed by atoms with Crippen molar-refractivity contribution in [3.63, 3.8) is 0 Å². The molecule has 0 aromatic heterocycles. The van der Waals surface area contributed by atoms with Crippen molar-refractivity contribution >= 4 is 23.2 Å². The van der Waals surface area contributed by atoms with Gasteiger partial charge in [0.1, 0.15) is 0 Å². The van der Waals surface area contributed by atoms with E-state index in [1.54, 1.807) is 24.3 Å². The molecule has 0 radical (unpaired) electrons. The van der Waals surface area contributed by atoms with E-state index in [9.17, 15) is 22.8 Å². The maximum atomic E-state index is 12.8. The summed E-state index contributed by atoms with van der Waals surface area (Å²) in [6.07, 6.45) is -4.50. The summed E-state index contributed by atoms with van der Waals surface area (Å²) in [6, 6.07) is 17.6. The van der Waals surface area contributed by atoms with Crippen LogP contribution in [0.15, 0.2) is 72.8 Å². The molecule has 0 aliphatic rings. The Labute approximate surface area is 165 Å². The van der Waals surface area contributed by atoms with Crippen molar-refractivity contribution in [1.29, 1.82) is 0 Å². The highest BCUT2D eigenvalue weighted by molar-refractivity contribution is 6.07. The van der Waals surface area contributed by atoms with Gasteiger partial charge in [-0.15, -0.1) is 0 Å². The van der Waals surface area contributed by atoms with Crippen LogP contribution in [-0.2, 0) is 6.18 Å². The first-order valence-electron chi connectivity index (χ1n) is 8.70. The molecule has 0 saturated heterocycles. The number of alkyl halides is 3. The third-order valence-electron chi connectivity index (χ3n) is 4.22. The van der Waals surface area contributed by atoms with Crippen molar-refractivity contribution in [3.8, 4) is 0 Å². The molecule has 0 heterocycles. The van der Waals surface area contributed by atoms with E-state index in [1.165, 1.54) is 24.3 Å². The lowest BCUT2D eigenvalue weighted by Gasteiger charge is -2.11. The largest absolute Gasteiger partial charge is 0.416 e. The van der Waals surface area contributed by atoms with Crippen LogP contribution in [0.25, 0.3) is 0 Å². The molecule has 148 valence electrons. The molecule has 3 aromatic carbocycles. The summed E-state index contributed by atoms with van der Waals surface area (Å²) in [5.74, 6) is -0.908. The highest BCUT2D eigenvalue weighted by atomic mass is 19.4. The second kappa shape index (κ2) is 8.18. The molecule has 0 bridgehead atoms. The van der Waals surface area contributed by atoms with Gasteiger partial charge in [0.25, 0.3) is 11.8 Å². The maximum absolute atomic E-state index is 12.8. The molecular weight excluding hydrogens is 381 g/mol. The monoisotopic (exact) mass is 398 g/mol. The van der Waals surface area contributed by atoms with Gasteiger partial charge in [0, 0.05) is 22.5 Å². The lowest BCUT2D eigenvalue weighted by atomic mass is 10.1. The summed E-state index contributed by atoms with van der Waals surface area (Å²) in [5.41, 5.74) is 1.09. The topological polar surface area (TPSA) is 58.2 Å². The predicted molar refractivity (Wildman–Crippen MR) is 105 cm³/mol. The van der Waals surface area contributed by atoms with E-state index in [-0.39, 0.29) is 17.2 Å². The smallest absolute Gasteiger partial charge is 0.322 e. The minimum atomic E-state index is -4.50. The van der Waals surface area contributed by atoms with Crippen LogP contribution >= 0.6 is 0 Å². The van der Waals surface area contributed by atoms with Gasteiger partial charge in [0.05, 0.1) is 5.56 Å². The molecule has 29 heavy (non-hydrogen) atoms. The second-order valence-corrected chi connectivity index (χ2v) is 6.38. The summed E-state index contributed by atoms with van der Waals surface area (Å²) >= 11 is 0. The first kappa shape index (κ1) is 20.1.